The van der Waals surface area contributed by atoms with Crippen molar-refractivity contribution in [3.8, 4) is 0 Å². The number of rotatable bonds is 2. The highest BCUT2D eigenvalue weighted by atomic mass is 79.9. The molecule has 0 bridgehead atoms. The lowest BCUT2D eigenvalue weighted by Gasteiger charge is -2.33. The Labute approximate surface area is 167 Å². The number of anilines is 1. The molecule has 1 aliphatic rings. The molecule has 27 heavy (non-hydrogen) atoms. The molecule has 5 rings (SSSR count). The topological polar surface area (TPSA) is 29.9 Å². The average molecular weight is 418 g/mol. The van der Waals surface area contributed by atoms with Crippen molar-refractivity contribution in [2.75, 3.05) is 5.32 Å². The molecule has 3 aromatic carbocycles. The summed E-state index contributed by atoms with van der Waals surface area (Å²) in [7, 11) is 0. The van der Waals surface area contributed by atoms with Crippen LogP contribution < -0.4 is 5.32 Å². The minimum atomic E-state index is 0.230. The number of fused-ring (bicyclic) bond motifs is 3. The Morgan fingerprint density at radius 2 is 1.63 bits per heavy atom. The van der Waals surface area contributed by atoms with Gasteiger partial charge in [0.15, 0.2) is 0 Å². The lowest BCUT2D eigenvalue weighted by atomic mass is 9.92. The second-order valence-electron chi connectivity index (χ2n) is 7.20. The normalized spacial score (nSPS) is 18.9. The number of halogens is 1. The van der Waals surface area contributed by atoms with Gasteiger partial charge in [-0.3, -0.25) is 0 Å². The van der Waals surface area contributed by atoms with Crippen LogP contribution in [-0.4, -0.2) is 9.55 Å². The number of para-hydroxylation sites is 2. The number of imidazole rings is 1. The molecule has 0 saturated carbocycles. The van der Waals surface area contributed by atoms with Crippen molar-refractivity contribution < 1.29 is 0 Å². The van der Waals surface area contributed by atoms with Gasteiger partial charge >= 0.3 is 0 Å². The van der Waals surface area contributed by atoms with Gasteiger partial charge in [0.1, 0.15) is 0 Å². The second kappa shape index (κ2) is 6.54. The number of benzene rings is 3. The van der Waals surface area contributed by atoms with E-state index < -0.39 is 0 Å². The summed E-state index contributed by atoms with van der Waals surface area (Å²) in [5.74, 6) is 0.945. The number of nitrogens with one attached hydrogen (secondary N) is 1. The van der Waals surface area contributed by atoms with Crippen LogP contribution in [0.1, 0.15) is 35.2 Å². The van der Waals surface area contributed by atoms with Crippen LogP contribution in [0.25, 0.3) is 11.0 Å². The van der Waals surface area contributed by atoms with E-state index >= 15 is 0 Å². The van der Waals surface area contributed by atoms with E-state index in [9.17, 15) is 0 Å². The molecular formula is C23H20BrN3. The summed E-state index contributed by atoms with van der Waals surface area (Å²) in [5.41, 5.74) is 6.11. The van der Waals surface area contributed by atoms with Crippen molar-refractivity contribution in [1.82, 2.24) is 9.55 Å². The maximum absolute atomic E-state index is 4.88. The zero-order chi connectivity index (χ0) is 18.4. The fraction of sp³-hybridized carbons (Fsp3) is 0.174. The molecule has 0 fully saturated rings. The van der Waals surface area contributed by atoms with Gasteiger partial charge in [-0.2, -0.15) is 0 Å². The molecular weight excluding hydrogens is 398 g/mol. The van der Waals surface area contributed by atoms with E-state index in [1.807, 2.05) is 0 Å². The van der Waals surface area contributed by atoms with Gasteiger partial charge in [-0.25, -0.2) is 4.98 Å². The van der Waals surface area contributed by atoms with Gasteiger partial charge in [0, 0.05) is 4.47 Å². The van der Waals surface area contributed by atoms with Crippen molar-refractivity contribution in [3.63, 3.8) is 0 Å². The summed E-state index contributed by atoms with van der Waals surface area (Å²) < 4.78 is 3.46. The lowest BCUT2D eigenvalue weighted by molar-refractivity contribution is 0.477. The first-order valence-corrected chi connectivity index (χ1v) is 10.0. The van der Waals surface area contributed by atoms with E-state index in [0.717, 1.165) is 22.4 Å². The predicted octanol–water partition coefficient (Wildman–Crippen LogP) is 6.25. The Kier molecular flexibility index (Phi) is 4.01. The van der Waals surface area contributed by atoms with Gasteiger partial charge in [-0.1, -0.05) is 70.0 Å². The second-order valence-corrected chi connectivity index (χ2v) is 8.12. The van der Waals surface area contributed by atoms with E-state index in [4.69, 9.17) is 4.98 Å². The predicted molar refractivity (Wildman–Crippen MR) is 114 cm³/mol. The van der Waals surface area contributed by atoms with Crippen LogP contribution >= 0.6 is 15.9 Å². The number of aromatic nitrogens is 2. The van der Waals surface area contributed by atoms with Gasteiger partial charge in [0.25, 0.3) is 0 Å². The first-order valence-electron chi connectivity index (χ1n) is 9.24. The van der Waals surface area contributed by atoms with E-state index in [1.54, 1.807) is 0 Å². The summed E-state index contributed by atoms with van der Waals surface area (Å²) in [6, 6.07) is 26.4. The van der Waals surface area contributed by atoms with Crippen molar-refractivity contribution in [2.24, 2.45) is 0 Å². The average Bonchev–Trinajstić information content (AvgIpc) is 3.07. The summed E-state index contributed by atoms with van der Waals surface area (Å²) in [5, 5.41) is 3.67. The molecule has 0 unspecified atom stereocenters. The smallest absolute Gasteiger partial charge is 0.204 e. The van der Waals surface area contributed by atoms with E-state index in [2.05, 4.69) is 106 Å². The van der Waals surface area contributed by atoms with Crippen LogP contribution in [0.5, 0.6) is 0 Å². The lowest BCUT2D eigenvalue weighted by Crippen LogP contribution is -2.27. The highest BCUT2D eigenvalue weighted by molar-refractivity contribution is 9.10. The van der Waals surface area contributed by atoms with Crippen LogP contribution in [0, 0.1) is 6.92 Å². The highest BCUT2D eigenvalue weighted by Gasteiger charge is 2.30. The summed E-state index contributed by atoms with van der Waals surface area (Å²) in [6.07, 6.45) is 0.984. The Morgan fingerprint density at radius 1 is 0.926 bits per heavy atom. The largest absolute Gasteiger partial charge is 0.349 e. The first kappa shape index (κ1) is 16.6. The van der Waals surface area contributed by atoms with Crippen molar-refractivity contribution in [1.29, 1.82) is 0 Å². The molecule has 2 atom stereocenters. The maximum atomic E-state index is 4.88. The standard InChI is InChI=1S/C23H20BrN3/c1-15-6-8-17(9-7-15)22-14-20(16-10-12-18(24)13-11-16)26-23-25-19-4-2-3-5-21(19)27(22)23/h2-13,20,22H,14H2,1H3,(H,25,26)/t20-,22-/m1/s1. The van der Waals surface area contributed by atoms with Crippen molar-refractivity contribution in [3.05, 3.63) is 94.0 Å². The van der Waals surface area contributed by atoms with Crippen LogP contribution in [0.3, 0.4) is 0 Å². The summed E-state index contributed by atoms with van der Waals surface area (Å²) >= 11 is 3.54. The molecule has 0 saturated heterocycles. The summed E-state index contributed by atoms with van der Waals surface area (Å²) in [6.45, 7) is 2.13. The zero-order valence-corrected chi connectivity index (χ0v) is 16.6. The van der Waals surface area contributed by atoms with Gasteiger partial charge < -0.3 is 9.88 Å². The molecule has 3 nitrogen and oxygen atoms in total. The fourth-order valence-corrected chi connectivity index (χ4v) is 4.26. The molecule has 1 aromatic heterocycles. The fourth-order valence-electron chi connectivity index (χ4n) is 3.99. The molecule has 134 valence electrons. The first-order chi connectivity index (χ1) is 13.2. The third-order valence-electron chi connectivity index (χ3n) is 5.40. The van der Waals surface area contributed by atoms with Gasteiger partial charge in [0.2, 0.25) is 5.95 Å². The highest BCUT2D eigenvalue weighted by Crippen LogP contribution is 2.41. The molecule has 4 heteroatoms. The molecule has 0 radical (unpaired) electrons. The van der Waals surface area contributed by atoms with Gasteiger partial charge in [-0.05, 0) is 48.7 Å². The number of hydrogen-bond acceptors (Lipinski definition) is 2. The SMILES string of the molecule is Cc1ccc([C@H]2C[C@H](c3ccc(Br)cc3)Nc3nc4ccccc4n32)cc1. The van der Waals surface area contributed by atoms with Crippen LogP contribution in [0.2, 0.25) is 0 Å². The Morgan fingerprint density at radius 3 is 2.41 bits per heavy atom. The third kappa shape index (κ3) is 2.94. The van der Waals surface area contributed by atoms with Gasteiger partial charge in [-0.15, -0.1) is 0 Å². The quantitative estimate of drug-likeness (QED) is 0.417. The summed E-state index contributed by atoms with van der Waals surface area (Å²) in [4.78, 5) is 4.88. The molecule has 2 heterocycles. The Bertz CT molecular complexity index is 1100. The molecule has 0 amide bonds. The molecule has 1 aliphatic heterocycles. The zero-order valence-electron chi connectivity index (χ0n) is 15.1. The minimum Gasteiger partial charge on any atom is -0.349 e. The number of nitrogens with zero attached hydrogens (tertiary/aromatic N) is 2. The van der Waals surface area contributed by atoms with E-state index in [1.165, 1.54) is 22.2 Å². The van der Waals surface area contributed by atoms with Gasteiger partial charge in [0.05, 0.1) is 23.1 Å². The van der Waals surface area contributed by atoms with Crippen molar-refractivity contribution >= 4 is 32.9 Å². The van der Waals surface area contributed by atoms with Crippen LogP contribution in [0.15, 0.2) is 77.3 Å². The number of aryl methyl sites for hydroxylation is 1. The third-order valence-corrected chi connectivity index (χ3v) is 5.93. The molecule has 0 aliphatic carbocycles. The molecule has 0 spiro atoms. The minimum absolute atomic E-state index is 0.230. The van der Waals surface area contributed by atoms with E-state index in [0.29, 0.717) is 0 Å². The molecule has 4 aromatic rings. The maximum Gasteiger partial charge on any atom is 0.204 e. The van der Waals surface area contributed by atoms with Crippen LogP contribution in [-0.2, 0) is 0 Å². The Hall–Kier alpha value is -2.59. The number of hydrogen-bond donors (Lipinski definition) is 1. The Balaban J connectivity index is 1.65. The van der Waals surface area contributed by atoms with Crippen molar-refractivity contribution in [2.45, 2.75) is 25.4 Å². The van der Waals surface area contributed by atoms with Crippen LogP contribution in [0.4, 0.5) is 5.95 Å². The monoisotopic (exact) mass is 417 g/mol. The molecule has 1 N–H and O–H groups in total. The van der Waals surface area contributed by atoms with E-state index in [-0.39, 0.29) is 12.1 Å².